The van der Waals surface area contributed by atoms with Crippen LogP contribution in [-0.2, 0) is 19.7 Å². The van der Waals surface area contributed by atoms with Gasteiger partial charge in [0.25, 0.3) is 10.2 Å². The lowest BCUT2D eigenvalue weighted by Gasteiger charge is -2.32. The molecule has 19 heavy (non-hydrogen) atoms. The molecule has 2 N–H and O–H groups in total. The Morgan fingerprint density at radius 1 is 1.32 bits per heavy atom. The first kappa shape index (κ1) is 16.1. The van der Waals surface area contributed by atoms with E-state index in [0.29, 0.717) is 4.31 Å². The molecule has 0 spiro atoms. The van der Waals surface area contributed by atoms with Gasteiger partial charge in [0, 0.05) is 13.1 Å². The van der Waals surface area contributed by atoms with Crippen molar-refractivity contribution in [3.05, 3.63) is 0 Å². The van der Waals surface area contributed by atoms with E-state index in [4.69, 9.17) is 9.84 Å². The maximum absolute atomic E-state index is 12.7. The van der Waals surface area contributed by atoms with Gasteiger partial charge in [0.15, 0.2) is 0 Å². The van der Waals surface area contributed by atoms with E-state index in [1.165, 1.54) is 4.72 Å². The highest BCUT2D eigenvalue weighted by Gasteiger charge is 2.60. The molecular formula is C8H13F3N2O5S. The molecule has 7 nitrogen and oxygen atoms in total. The molecule has 0 saturated carbocycles. The van der Waals surface area contributed by atoms with Crippen molar-refractivity contribution < 1.29 is 36.2 Å². The zero-order valence-electron chi connectivity index (χ0n) is 9.90. The summed E-state index contributed by atoms with van der Waals surface area (Å²) in [4.78, 5) is 10.7. The third-order valence-corrected chi connectivity index (χ3v) is 4.35. The number of carbonyl (C=O) groups is 1. The highest BCUT2D eigenvalue weighted by atomic mass is 32.2. The van der Waals surface area contributed by atoms with Crippen molar-refractivity contribution >= 4 is 16.2 Å². The molecule has 0 aromatic rings. The number of hydrogen-bond acceptors (Lipinski definition) is 4. The second kappa shape index (κ2) is 5.23. The molecule has 0 amide bonds. The molecule has 0 radical (unpaired) electrons. The third kappa shape index (κ3) is 3.35. The average Bonchev–Trinajstić information content (AvgIpc) is 2.28. The number of alkyl halides is 3. The number of halogens is 3. The Morgan fingerprint density at radius 2 is 1.79 bits per heavy atom. The normalized spacial score (nSPS) is 21.9. The fourth-order valence-corrected chi connectivity index (χ4v) is 2.81. The van der Waals surface area contributed by atoms with Crippen LogP contribution in [0.4, 0.5) is 13.2 Å². The molecule has 0 aromatic carbocycles. The predicted octanol–water partition coefficient (Wildman–Crippen LogP) is -0.441. The van der Waals surface area contributed by atoms with Crippen LogP contribution in [0.15, 0.2) is 0 Å². The summed E-state index contributed by atoms with van der Waals surface area (Å²) in [5, 5.41) is 8.64. The molecule has 112 valence electrons. The minimum absolute atomic E-state index is 0.0384. The monoisotopic (exact) mass is 306 g/mol. The Bertz CT molecular complexity index is 446. The number of nitrogens with zero attached hydrogens (tertiary/aromatic N) is 1. The van der Waals surface area contributed by atoms with E-state index >= 15 is 0 Å². The Labute approximate surface area is 107 Å². The number of morpholine rings is 1. The number of carboxylic acid groups (broad SMARTS) is 1. The molecular weight excluding hydrogens is 293 g/mol. The van der Waals surface area contributed by atoms with Gasteiger partial charge in [-0.05, 0) is 6.92 Å². The molecule has 1 aliphatic heterocycles. The Morgan fingerprint density at radius 3 is 2.16 bits per heavy atom. The quantitative estimate of drug-likeness (QED) is 0.734. The highest BCUT2D eigenvalue weighted by molar-refractivity contribution is 7.87. The second-order valence-electron chi connectivity index (χ2n) is 4.05. The van der Waals surface area contributed by atoms with Crippen molar-refractivity contribution in [1.29, 1.82) is 0 Å². The van der Waals surface area contributed by atoms with Gasteiger partial charge in [-0.1, -0.05) is 0 Å². The third-order valence-electron chi connectivity index (χ3n) is 2.64. The zero-order chi connectivity index (χ0) is 14.9. The predicted molar refractivity (Wildman–Crippen MR) is 56.5 cm³/mol. The summed E-state index contributed by atoms with van der Waals surface area (Å²) in [7, 11) is -4.57. The van der Waals surface area contributed by atoms with E-state index in [1.807, 2.05) is 0 Å². The van der Waals surface area contributed by atoms with Gasteiger partial charge in [-0.3, -0.25) is 0 Å². The van der Waals surface area contributed by atoms with Crippen molar-refractivity contribution in [3.8, 4) is 0 Å². The van der Waals surface area contributed by atoms with Crippen molar-refractivity contribution in [2.45, 2.75) is 18.6 Å². The van der Waals surface area contributed by atoms with Gasteiger partial charge in [0.2, 0.25) is 5.54 Å². The summed E-state index contributed by atoms with van der Waals surface area (Å²) < 4.78 is 68.4. The smallest absolute Gasteiger partial charge is 0.418 e. The molecule has 1 fully saturated rings. The van der Waals surface area contributed by atoms with Gasteiger partial charge < -0.3 is 9.84 Å². The summed E-state index contributed by atoms with van der Waals surface area (Å²) in [5.41, 5.74) is -3.58. The van der Waals surface area contributed by atoms with E-state index < -0.39 is 27.9 Å². The number of nitrogens with one attached hydrogen (secondary N) is 1. The standard InChI is InChI=1S/C8H13F3N2O5S/c1-7(6(14)15,8(9,10)11)12-19(16,17)13-2-4-18-5-3-13/h12H,2-5H2,1H3,(H,14,15). The minimum Gasteiger partial charge on any atom is -0.480 e. The van der Waals surface area contributed by atoms with E-state index in [0.717, 1.165) is 0 Å². The van der Waals surface area contributed by atoms with Crippen LogP contribution in [0.2, 0.25) is 0 Å². The Kier molecular flexibility index (Phi) is 4.44. The molecule has 1 atom stereocenters. The van der Waals surface area contributed by atoms with E-state index in [9.17, 15) is 26.4 Å². The van der Waals surface area contributed by atoms with Gasteiger partial charge in [0.05, 0.1) is 13.2 Å². The van der Waals surface area contributed by atoms with E-state index in [1.54, 1.807) is 0 Å². The lowest BCUT2D eigenvalue weighted by Crippen LogP contribution is -2.64. The number of aliphatic carboxylic acids is 1. The largest absolute Gasteiger partial charge is 0.480 e. The van der Waals surface area contributed by atoms with Crippen molar-refractivity contribution in [2.75, 3.05) is 26.3 Å². The summed E-state index contributed by atoms with van der Waals surface area (Å²) in [6, 6.07) is 0. The lowest BCUT2D eigenvalue weighted by atomic mass is 10.0. The topological polar surface area (TPSA) is 95.9 Å². The molecule has 0 bridgehead atoms. The first-order valence-electron chi connectivity index (χ1n) is 5.17. The summed E-state index contributed by atoms with van der Waals surface area (Å²) in [6.07, 6.45) is -5.27. The summed E-state index contributed by atoms with van der Waals surface area (Å²) >= 11 is 0. The Hall–Kier alpha value is -0.910. The van der Waals surface area contributed by atoms with Crippen LogP contribution in [-0.4, -0.2) is 61.8 Å². The molecule has 0 aromatic heterocycles. The first-order valence-corrected chi connectivity index (χ1v) is 6.61. The van der Waals surface area contributed by atoms with Crippen LogP contribution in [0, 0.1) is 0 Å². The fraction of sp³-hybridized carbons (Fsp3) is 0.875. The van der Waals surface area contributed by atoms with Gasteiger partial charge >= 0.3 is 12.1 Å². The van der Waals surface area contributed by atoms with Crippen LogP contribution in [0.1, 0.15) is 6.92 Å². The highest BCUT2D eigenvalue weighted by Crippen LogP contribution is 2.31. The van der Waals surface area contributed by atoms with Crippen LogP contribution >= 0.6 is 0 Å². The van der Waals surface area contributed by atoms with Gasteiger partial charge in [0.1, 0.15) is 0 Å². The zero-order valence-corrected chi connectivity index (χ0v) is 10.7. The second-order valence-corrected chi connectivity index (χ2v) is 5.72. The molecule has 1 unspecified atom stereocenters. The fourth-order valence-electron chi connectivity index (χ4n) is 1.33. The summed E-state index contributed by atoms with van der Waals surface area (Å²) in [5.74, 6) is -2.32. The molecule has 0 aliphatic carbocycles. The molecule has 1 heterocycles. The van der Waals surface area contributed by atoms with Gasteiger partial charge in [-0.15, -0.1) is 0 Å². The average molecular weight is 306 g/mol. The number of ether oxygens (including phenoxy) is 1. The summed E-state index contributed by atoms with van der Waals surface area (Å²) in [6.45, 7) is 0.0620. The lowest BCUT2D eigenvalue weighted by molar-refractivity contribution is -0.201. The first-order chi connectivity index (χ1) is 8.51. The molecule has 11 heteroatoms. The SMILES string of the molecule is CC(NS(=O)(=O)N1CCOCC1)(C(=O)O)C(F)(F)F. The van der Waals surface area contributed by atoms with Crippen LogP contribution < -0.4 is 4.72 Å². The van der Waals surface area contributed by atoms with E-state index in [2.05, 4.69) is 0 Å². The van der Waals surface area contributed by atoms with Gasteiger partial charge in [-0.2, -0.15) is 30.6 Å². The van der Waals surface area contributed by atoms with Crippen molar-refractivity contribution in [2.24, 2.45) is 0 Å². The van der Waals surface area contributed by atoms with Crippen molar-refractivity contribution in [1.82, 2.24) is 9.03 Å². The van der Waals surface area contributed by atoms with Crippen LogP contribution in [0.5, 0.6) is 0 Å². The van der Waals surface area contributed by atoms with E-state index in [-0.39, 0.29) is 33.2 Å². The molecule has 1 saturated heterocycles. The van der Waals surface area contributed by atoms with Crippen LogP contribution in [0.3, 0.4) is 0 Å². The maximum atomic E-state index is 12.7. The van der Waals surface area contributed by atoms with Gasteiger partial charge in [-0.25, -0.2) is 4.79 Å². The Balaban J connectivity index is 2.99. The minimum atomic E-state index is -5.27. The number of rotatable bonds is 4. The van der Waals surface area contributed by atoms with Crippen molar-refractivity contribution in [3.63, 3.8) is 0 Å². The number of hydrogen-bond donors (Lipinski definition) is 2. The maximum Gasteiger partial charge on any atom is 0.418 e. The molecule has 1 rings (SSSR count). The number of carboxylic acids is 1. The molecule has 1 aliphatic rings. The van der Waals surface area contributed by atoms with Crippen LogP contribution in [0.25, 0.3) is 0 Å².